The molecule has 0 spiro atoms. The van der Waals surface area contributed by atoms with E-state index in [-0.39, 0.29) is 11.1 Å². The molecule has 0 aromatic heterocycles. The molecule has 2 aliphatic heterocycles. The van der Waals surface area contributed by atoms with Crippen molar-refractivity contribution in [3.8, 4) is 0 Å². The van der Waals surface area contributed by atoms with E-state index in [9.17, 15) is 50.4 Å². The minimum atomic E-state index is -1.69. The summed E-state index contributed by atoms with van der Waals surface area (Å²) in [6.07, 6.45) is 1.59. The SMILES string of the molecule is CC(/C=C/C=C(\C)C(=O)O[C@H]1O[C@H](CO)[C@@H](O)[C@H](O)[C@H]1O)=C\C=C\C=C(C)\C=C\C=C(/C)C(=O)O[C@H]1O[C@H](CO)[C@@H](O)[C@H](O)[C@H]1O. The number of hydrogen-bond acceptors (Lipinski definition) is 14. The van der Waals surface area contributed by atoms with E-state index in [0.717, 1.165) is 11.1 Å². The van der Waals surface area contributed by atoms with E-state index in [0.29, 0.717) is 0 Å². The minimum absolute atomic E-state index is 0.174. The highest BCUT2D eigenvalue weighted by Gasteiger charge is 2.46. The molecule has 0 saturated carbocycles. The van der Waals surface area contributed by atoms with Gasteiger partial charge >= 0.3 is 11.9 Å². The van der Waals surface area contributed by atoms with Crippen molar-refractivity contribution in [3.05, 3.63) is 83.1 Å². The summed E-state index contributed by atoms with van der Waals surface area (Å²) in [6, 6.07) is 0. The molecule has 0 aliphatic carbocycles. The van der Waals surface area contributed by atoms with Gasteiger partial charge in [-0.1, -0.05) is 71.9 Å². The predicted octanol–water partition coefficient (Wildman–Crippen LogP) is -0.874. The molecule has 2 saturated heterocycles. The fourth-order valence-corrected chi connectivity index (χ4v) is 4.08. The first-order chi connectivity index (χ1) is 21.7. The summed E-state index contributed by atoms with van der Waals surface area (Å²) in [5.74, 6) is -1.64. The minimum Gasteiger partial charge on any atom is -0.429 e. The van der Waals surface area contributed by atoms with Gasteiger partial charge in [-0.05, 0) is 27.7 Å². The maximum atomic E-state index is 12.3. The summed E-state index contributed by atoms with van der Waals surface area (Å²) >= 11 is 0. The van der Waals surface area contributed by atoms with Gasteiger partial charge in [0.25, 0.3) is 0 Å². The summed E-state index contributed by atoms with van der Waals surface area (Å²) in [6.45, 7) is 5.36. The Morgan fingerprint density at radius 3 is 1.22 bits per heavy atom. The van der Waals surface area contributed by atoms with Crippen molar-refractivity contribution in [2.24, 2.45) is 0 Å². The van der Waals surface area contributed by atoms with Gasteiger partial charge in [0.15, 0.2) is 0 Å². The average molecular weight is 653 g/mol. The van der Waals surface area contributed by atoms with E-state index in [1.165, 1.54) is 26.0 Å². The van der Waals surface area contributed by atoms with Crippen molar-refractivity contribution in [2.75, 3.05) is 13.2 Å². The Bertz CT molecular complexity index is 1150. The van der Waals surface area contributed by atoms with Crippen LogP contribution in [0.15, 0.2) is 83.1 Å². The van der Waals surface area contributed by atoms with E-state index in [4.69, 9.17) is 18.9 Å². The van der Waals surface area contributed by atoms with Crippen LogP contribution in [-0.2, 0) is 28.5 Å². The Balaban J connectivity index is 1.86. The molecular formula is C32H44O14. The first-order valence-corrected chi connectivity index (χ1v) is 14.5. The molecule has 0 radical (unpaired) electrons. The molecule has 2 heterocycles. The van der Waals surface area contributed by atoms with Gasteiger partial charge < -0.3 is 59.8 Å². The number of aliphatic hydroxyl groups is 8. The number of carbonyl (C=O) groups is 2. The first-order valence-electron chi connectivity index (χ1n) is 14.5. The monoisotopic (exact) mass is 652 g/mol. The Kier molecular flexibility index (Phi) is 15.9. The number of ether oxygens (including phenoxy) is 4. The standard InChI is InChI=1S/C32H44O14/c1-17(11-7-13-19(3)29(41)45-31-27(39)25(37)23(35)21(15-33)43-31)9-5-6-10-18(2)12-8-14-20(4)30(42)46-32-28(40)26(38)24(36)22(16-34)44-32/h5-14,21-28,31-40H,15-16H2,1-4H3/b6-5+,11-7+,12-8+,17-9+,18-10+,19-13+,20-14+/t21-,22-,23-,24-,25+,26+,27-,28-,31-,32-/m1/s1. The van der Waals surface area contributed by atoms with Gasteiger partial charge in [0.1, 0.15) is 48.8 Å². The third-order valence-electron chi connectivity index (χ3n) is 7.03. The number of hydrogen-bond donors (Lipinski definition) is 8. The molecule has 0 unspecified atom stereocenters. The summed E-state index contributed by atoms with van der Waals surface area (Å²) in [5, 5.41) is 77.8. The molecule has 10 atom stereocenters. The highest BCUT2D eigenvalue weighted by molar-refractivity contribution is 5.88. The molecule has 0 amide bonds. The third-order valence-corrected chi connectivity index (χ3v) is 7.03. The van der Waals surface area contributed by atoms with Gasteiger partial charge in [0.05, 0.1) is 13.2 Å². The summed E-state index contributed by atoms with van der Waals surface area (Å²) < 4.78 is 20.5. The van der Waals surface area contributed by atoms with Gasteiger partial charge in [0.2, 0.25) is 12.6 Å². The van der Waals surface area contributed by atoms with Crippen LogP contribution < -0.4 is 0 Å². The lowest BCUT2D eigenvalue weighted by Crippen LogP contribution is -2.59. The zero-order valence-electron chi connectivity index (χ0n) is 26.0. The van der Waals surface area contributed by atoms with Crippen molar-refractivity contribution in [1.29, 1.82) is 0 Å². The topological polar surface area (TPSA) is 233 Å². The number of allylic oxidation sites excluding steroid dienone is 12. The lowest BCUT2D eigenvalue weighted by molar-refractivity contribution is -0.291. The smallest absolute Gasteiger partial charge is 0.336 e. The Morgan fingerprint density at radius 1 is 0.543 bits per heavy atom. The van der Waals surface area contributed by atoms with Gasteiger partial charge in [-0.3, -0.25) is 0 Å². The fourth-order valence-electron chi connectivity index (χ4n) is 4.08. The lowest BCUT2D eigenvalue weighted by Gasteiger charge is -2.39. The van der Waals surface area contributed by atoms with Crippen molar-refractivity contribution >= 4 is 11.9 Å². The van der Waals surface area contributed by atoms with E-state index >= 15 is 0 Å². The van der Waals surface area contributed by atoms with Crippen molar-refractivity contribution in [2.45, 2.75) is 89.1 Å². The van der Waals surface area contributed by atoms with Gasteiger partial charge in [-0.2, -0.15) is 0 Å². The van der Waals surface area contributed by atoms with E-state index in [2.05, 4.69) is 0 Å². The number of rotatable bonds is 12. The highest BCUT2D eigenvalue weighted by Crippen LogP contribution is 2.24. The van der Waals surface area contributed by atoms with Crippen molar-refractivity contribution < 1.29 is 69.4 Å². The molecule has 8 N–H and O–H groups in total. The van der Waals surface area contributed by atoms with Crippen LogP contribution >= 0.6 is 0 Å². The van der Waals surface area contributed by atoms with Crippen LogP contribution in [0.3, 0.4) is 0 Å². The Labute approximate surface area is 266 Å². The van der Waals surface area contributed by atoms with Gasteiger partial charge in [0, 0.05) is 11.1 Å². The third kappa shape index (κ3) is 11.2. The quantitative estimate of drug-likeness (QED) is 0.0728. The average Bonchev–Trinajstić information content (AvgIpc) is 3.03. The maximum absolute atomic E-state index is 12.3. The summed E-state index contributed by atoms with van der Waals surface area (Å²) in [5.41, 5.74) is 2.04. The van der Waals surface area contributed by atoms with Crippen LogP contribution in [0.4, 0.5) is 0 Å². The maximum Gasteiger partial charge on any atom is 0.336 e. The normalized spacial score (nSPS) is 33.7. The number of esters is 2. The van der Waals surface area contributed by atoms with Crippen LogP contribution in [0.2, 0.25) is 0 Å². The second kappa shape index (κ2) is 18.8. The molecule has 2 fully saturated rings. The highest BCUT2D eigenvalue weighted by atomic mass is 16.7. The van der Waals surface area contributed by atoms with Gasteiger partial charge in [-0.15, -0.1) is 0 Å². The lowest BCUT2D eigenvalue weighted by atomic mass is 9.99. The van der Waals surface area contributed by atoms with Gasteiger partial charge in [-0.25, -0.2) is 9.59 Å². The molecule has 46 heavy (non-hydrogen) atoms. The molecule has 2 aliphatic rings. The van der Waals surface area contributed by atoms with Crippen LogP contribution in [0, 0.1) is 0 Å². The Morgan fingerprint density at radius 2 is 0.891 bits per heavy atom. The van der Waals surface area contributed by atoms with E-state index in [1.54, 1.807) is 36.5 Å². The molecule has 0 aromatic rings. The summed E-state index contributed by atoms with van der Waals surface area (Å²) in [4.78, 5) is 24.7. The molecule has 14 nitrogen and oxygen atoms in total. The first kappa shape index (κ1) is 38.9. The zero-order chi connectivity index (χ0) is 34.6. The van der Waals surface area contributed by atoms with E-state index in [1.807, 2.05) is 26.0 Å². The second-order valence-corrected chi connectivity index (χ2v) is 10.8. The Hall–Kier alpha value is -3.28. The summed E-state index contributed by atoms with van der Waals surface area (Å²) in [7, 11) is 0. The number of aliphatic hydroxyl groups excluding tert-OH is 8. The molecule has 0 aromatic carbocycles. The van der Waals surface area contributed by atoms with Crippen LogP contribution in [0.1, 0.15) is 27.7 Å². The molecule has 256 valence electrons. The van der Waals surface area contributed by atoms with Crippen LogP contribution in [0.25, 0.3) is 0 Å². The molecule has 2 rings (SSSR count). The second-order valence-electron chi connectivity index (χ2n) is 10.8. The van der Waals surface area contributed by atoms with Crippen LogP contribution in [-0.4, -0.2) is 127 Å². The molecule has 14 heteroatoms. The van der Waals surface area contributed by atoms with Crippen molar-refractivity contribution in [1.82, 2.24) is 0 Å². The fraction of sp³-hybridized carbons (Fsp3) is 0.500. The predicted molar refractivity (Wildman–Crippen MR) is 162 cm³/mol. The molecular weight excluding hydrogens is 608 g/mol. The van der Waals surface area contributed by atoms with Crippen LogP contribution in [0.5, 0.6) is 0 Å². The largest absolute Gasteiger partial charge is 0.429 e. The number of carbonyl (C=O) groups excluding carboxylic acids is 2. The zero-order valence-corrected chi connectivity index (χ0v) is 26.0. The van der Waals surface area contributed by atoms with Crippen molar-refractivity contribution in [3.63, 3.8) is 0 Å². The van der Waals surface area contributed by atoms with E-state index < -0.39 is 86.6 Å². The molecule has 0 bridgehead atoms.